The van der Waals surface area contributed by atoms with Gasteiger partial charge in [0.1, 0.15) is 10.6 Å². The first-order valence-corrected chi connectivity index (χ1v) is 11.2. The van der Waals surface area contributed by atoms with Crippen molar-refractivity contribution < 1.29 is 17.7 Å². The molecule has 0 spiro atoms. The van der Waals surface area contributed by atoms with Gasteiger partial charge in [-0.05, 0) is 64.7 Å². The molecule has 0 saturated carbocycles. The minimum Gasteiger partial charge on any atom is -0.496 e. The molecule has 4 rings (SSSR count). The number of hydrogen-bond donors (Lipinski definition) is 1. The van der Waals surface area contributed by atoms with E-state index >= 15 is 0 Å². The van der Waals surface area contributed by atoms with Crippen LogP contribution in [-0.4, -0.2) is 20.1 Å². The Balaban J connectivity index is 2.34. The zero-order chi connectivity index (χ0) is 20.9. The number of aryl methyl sites for hydroxylation is 2. The van der Waals surface area contributed by atoms with Crippen LogP contribution in [0.15, 0.2) is 64.0 Å². The fourth-order valence-electron chi connectivity index (χ4n) is 4.06. The van der Waals surface area contributed by atoms with Gasteiger partial charge in [0, 0.05) is 15.6 Å². The Morgan fingerprint density at radius 2 is 1.52 bits per heavy atom. The van der Waals surface area contributed by atoms with Gasteiger partial charge in [-0.2, -0.15) is 8.42 Å². The fraction of sp³-hybridized carbons (Fsp3) is 0.130. The van der Waals surface area contributed by atoms with Crippen LogP contribution in [0.1, 0.15) is 11.1 Å². The first-order chi connectivity index (χ1) is 13.7. The average molecular weight is 471 g/mol. The largest absolute Gasteiger partial charge is 0.496 e. The predicted octanol–water partition coefficient (Wildman–Crippen LogP) is 6.29. The van der Waals surface area contributed by atoms with E-state index in [4.69, 9.17) is 4.74 Å². The van der Waals surface area contributed by atoms with Crippen LogP contribution in [0.3, 0.4) is 0 Å². The number of fused-ring (bicyclic) bond motifs is 2. The lowest BCUT2D eigenvalue weighted by atomic mass is 9.90. The molecule has 0 amide bonds. The van der Waals surface area contributed by atoms with E-state index in [1.165, 1.54) is 0 Å². The minimum absolute atomic E-state index is 0.0932. The predicted molar refractivity (Wildman–Crippen MR) is 120 cm³/mol. The number of benzene rings is 4. The van der Waals surface area contributed by atoms with Crippen molar-refractivity contribution in [1.29, 1.82) is 0 Å². The maximum atomic E-state index is 12.5. The summed E-state index contributed by atoms with van der Waals surface area (Å²) in [4.78, 5) is -0.0932. The van der Waals surface area contributed by atoms with Crippen LogP contribution in [0.25, 0.3) is 32.7 Å². The minimum atomic E-state index is -4.48. The quantitative estimate of drug-likeness (QED) is 0.357. The van der Waals surface area contributed by atoms with Crippen molar-refractivity contribution in [2.24, 2.45) is 0 Å². The van der Waals surface area contributed by atoms with E-state index in [2.05, 4.69) is 15.9 Å². The first-order valence-electron chi connectivity index (χ1n) is 8.99. The van der Waals surface area contributed by atoms with Gasteiger partial charge in [-0.3, -0.25) is 4.55 Å². The Hall–Kier alpha value is -2.41. The Bertz CT molecular complexity index is 1390. The van der Waals surface area contributed by atoms with E-state index in [9.17, 15) is 13.0 Å². The van der Waals surface area contributed by atoms with Crippen molar-refractivity contribution in [3.63, 3.8) is 0 Å². The summed E-state index contributed by atoms with van der Waals surface area (Å²) >= 11 is 3.50. The number of hydrogen-bond acceptors (Lipinski definition) is 3. The van der Waals surface area contributed by atoms with E-state index < -0.39 is 10.1 Å². The molecule has 0 aliphatic carbocycles. The Morgan fingerprint density at radius 1 is 0.862 bits per heavy atom. The highest BCUT2D eigenvalue weighted by Crippen LogP contribution is 2.46. The van der Waals surface area contributed by atoms with Gasteiger partial charge in [-0.15, -0.1) is 0 Å². The molecule has 0 atom stereocenters. The average Bonchev–Trinajstić information content (AvgIpc) is 2.64. The van der Waals surface area contributed by atoms with E-state index in [0.29, 0.717) is 22.4 Å². The first kappa shape index (κ1) is 19.9. The van der Waals surface area contributed by atoms with Crippen molar-refractivity contribution in [2.75, 3.05) is 7.11 Å². The van der Waals surface area contributed by atoms with Crippen LogP contribution in [0.2, 0.25) is 0 Å². The summed E-state index contributed by atoms with van der Waals surface area (Å²) in [6.45, 7) is 3.62. The fourth-order valence-corrected chi connectivity index (χ4v) is 5.37. The lowest BCUT2D eigenvalue weighted by Crippen LogP contribution is -2.06. The summed E-state index contributed by atoms with van der Waals surface area (Å²) in [6.07, 6.45) is 0. The SMILES string of the molecule is COc1c(C)cc2cc(Br)ccc2c1-c1c(S(=O)(=O)O)c(C)cc2ccccc12. The lowest BCUT2D eigenvalue weighted by molar-refractivity contribution is 0.414. The van der Waals surface area contributed by atoms with E-state index in [0.717, 1.165) is 31.6 Å². The summed E-state index contributed by atoms with van der Waals surface area (Å²) in [5.41, 5.74) is 2.47. The Kier molecular flexibility index (Phi) is 4.89. The van der Waals surface area contributed by atoms with Crippen LogP contribution in [0.5, 0.6) is 5.75 Å². The molecule has 0 fully saturated rings. The second-order valence-corrected chi connectivity index (χ2v) is 9.34. The molecule has 148 valence electrons. The van der Waals surface area contributed by atoms with Gasteiger partial charge < -0.3 is 4.74 Å². The molecule has 4 aromatic carbocycles. The maximum absolute atomic E-state index is 12.5. The number of halogens is 1. The zero-order valence-electron chi connectivity index (χ0n) is 16.2. The molecule has 0 unspecified atom stereocenters. The molecule has 1 N–H and O–H groups in total. The molecule has 0 aliphatic heterocycles. The van der Waals surface area contributed by atoms with E-state index in [1.54, 1.807) is 20.1 Å². The van der Waals surface area contributed by atoms with Crippen LogP contribution in [-0.2, 0) is 10.1 Å². The summed E-state index contributed by atoms with van der Waals surface area (Å²) < 4.78 is 41.7. The van der Waals surface area contributed by atoms with Gasteiger partial charge in [-0.25, -0.2) is 0 Å². The molecule has 6 heteroatoms. The van der Waals surface area contributed by atoms with Crippen molar-refractivity contribution in [3.8, 4) is 16.9 Å². The molecular formula is C23H19BrO4S. The van der Waals surface area contributed by atoms with Gasteiger partial charge in [0.05, 0.1) is 7.11 Å². The topological polar surface area (TPSA) is 63.6 Å². The van der Waals surface area contributed by atoms with E-state index in [-0.39, 0.29) is 4.90 Å². The molecule has 4 nitrogen and oxygen atoms in total. The molecule has 0 heterocycles. The van der Waals surface area contributed by atoms with Gasteiger partial charge in [0.15, 0.2) is 0 Å². The summed E-state index contributed by atoms with van der Waals surface area (Å²) in [7, 11) is -2.91. The smallest absolute Gasteiger partial charge is 0.295 e. The highest BCUT2D eigenvalue weighted by atomic mass is 79.9. The highest BCUT2D eigenvalue weighted by molar-refractivity contribution is 9.10. The van der Waals surface area contributed by atoms with E-state index in [1.807, 2.05) is 55.5 Å². The van der Waals surface area contributed by atoms with Crippen LogP contribution >= 0.6 is 15.9 Å². The summed E-state index contributed by atoms with van der Waals surface area (Å²) in [5.74, 6) is 0.584. The molecule has 0 aliphatic rings. The summed E-state index contributed by atoms with van der Waals surface area (Å²) in [5, 5.41) is 3.41. The third-order valence-corrected chi connectivity index (χ3v) is 6.67. The molecule has 0 radical (unpaired) electrons. The Morgan fingerprint density at radius 3 is 2.21 bits per heavy atom. The molecule has 29 heavy (non-hydrogen) atoms. The second-order valence-electron chi connectivity index (χ2n) is 7.06. The maximum Gasteiger partial charge on any atom is 0.295 e. The standard InChI is InChI=1S/C23H19BrO4S/c1-13-10-16-12-17(24)8-9-19(16)20(22(13)28-3)21-18-7-5-4-6-15(18)11-14(2)23(21)29(25,26)27/h4-12H,1-3H3,(H,25,26,27). The monoisotopic (exact) mass is 470 g/mol. The number of rotatable bonds is 3. The number of ether oxygens (including phenoxy) is 1. The number of methoxy groups -OCH3 is 1. The highest BCUT2D eigenvalue weighted by Gasteiger charge is 2.26. The van der Waals surface area contributed by atoms with Crippen molar-refractivity contribution >= 4 is 47.6 Å². The third-order valence-electron chi connectivity index (χ3n) is 5.14. The molecule has 0 saturated heterocycles. The molecule has 0 bridgehead atoms. The van der Waals surface area contributed by atoms with Gasteiger partial charge in [0.25, 0.3) is 10.1 Å². The van der Waals surface area contributed by atoms with Crippen LogP contribution in [0, 0.1) is 13.8 Å². The van der Waals surface area contributed by atoms with Crippen molar-refractivity contribution in [2.45, 2.75) is 18.7 Å². The van der Waals surface area contributed by atoms with Gasteiger partial charge >= 0.3 is 0 Å². The van der Waals surface area contributed by atoms with Gasteiger partial charge in [0.2, 0.25) is 0 Å². The zero-order valence-corrected chi connectivity index (χ0v) is 18.6. The second kappa shape index (κ2) is 7.13. The Labute approximate surface area is 178 Å². The third kappa shape index (κ3) is 3.31. The lowest BCUT2D eigenvalue weighted by Gasteiger charge is -2.20. The normalized spacial score (nSPS) is 11.9. The van der Waals surface area contributed by atoms with Gasteiger partial charge in [-0.1, -0.05) is 52.3 Å². The molecular weight excluding hydrogens is 452 g/mol. The van der Waals surface area contributed by atoms with Crippen LogP contribution in [0.4, 0.5) is 0 Å². The van der Waals surface area contributed by atoms with Crippen LogP contribution < -0.4 is 4.74 Å². The van der Waals surface area contributed by atoms with Crippen molar-refractivity contribution in [3.05, 3.63) is 70.2 Å². The summed E-state index contributed by atoms with van der Waals surface area (Å²) in [6, 6.07) is 17.2. The molecule has 0 aromatic heterocycles. The molecule has 4 aromatic rings. The van der Waals surface area contributed by atoms with Crippen molar-refractivity contribution in [1.82, 2.24) is 0 Å².